The van der Waals surface area contributed by atoms with Crippen molar-refractivity contribution in [2.45, 2.75) is 31.3 Å². The fourth-order valence-corrected chi connectivity index (χ4v) is 6.76. The van der Waals surface area contributed by atoms with E-state index >= 15 is 0 Å². The van der Waals surface area contributed by atoms with Crippen molar-refractivity contribution in [2.24, 2.45) is 11.8 Å². The molecule has 34 heavy (non-hydrogen) atoms. The lowest BCUT2D eigenvalue weighted by atomic mass is 9.75. The van der Waals surface area contributed by atoms with Crippen LogP contribution >= 0.6 is 11.6 Å². The Morgan fingerprint density at radius 2 is 1.88 bits per heavy atom. The van der Waals surface area contributed by atoms with Gasteiger partial charge >= 0.3 is 0 Å². The number of fused-ring (bicyclic) bond motifs is 7. The molecule has 0 saturated carbocycles. The summed E-state index contributed by atoms with van der Waals surface area (Å²) in [6, 6.07) is 8.40. The van der Waals surface area contributed by atoms with E-state index in [1.54, 1.807) is 24.3 Å². The van der Waals surface area contributed by atoms with Crippen molar-refractivity contribution in [3.05, 3.63) is 46.5 Å². The summed E-state index contributed by atoms with van der Waals surface area (Å²) < 4.78 is 10.8. The predicted octanol–water partition coefficient (Wildman–Crippen LogP) is 3.10. The standard InChI is InChI=1S/C25H24ClN3O5/c1-12-15(26)8-7-14-21(12)27-24(32)25(14)20-19(16-5-4-10-28(16)25)22(30)29(23(20)31)17-11-13(33-2)6-9-18(17)34-3/h6-9,11,16,19-20H,4-5,10H2,1-3H3,(H,27,32)/t16-,19+,20-,25+/m0/s1. The average molecular weight is 482 g/mol. The lowest BCUT2D eigenvalue weighted by molar-refractivity contribution is -0.135. The molecule has 3 amide bonds. The summed E-state index contributed by atoms with van der Waals surface area (Å²) in [5.41, 5.74) is 1.20. The molecule has 6 rings (SSSR count). The van der Waals surface area contributed by atoms with Crippen molar-refractivity contribution in [1.29, 1.82) is 0 Å². The molecular weight excluding hydrogens is 458 g/mol. The second kappa shape index (κ2) is 7.20. The van der Waals surface area contributed by atoms with Crippen LogP contribution in [0.5, 0.6) is 11.5 Å². The highest BCUT2D eigenvalue weighted by molar-refractivity contribution is 6.32. The summed E-state index contributed by atoms with van der Waals surface area (Å²) in [5, 5.41) is 3.55. The molecule has 1 spiro atoms. The van der Waals surface area contributed by atoms with Crippen molar-refractivity contribution in [1.82, 2.24) is 4.90 Å². The van der Waals surface area contributed by atoms with Gasteiger partial charge in [0.05, 0.1) is 37.4 Å². The van der Waals surface area contributed by atoms with E-state index in [0.717, 1.165) is 24.0 Å². The number of ether oxygens (including phenoxy) is 2. The first-order valence-electron chi connectivity index (χ1n) is 11.3. The molecule has 176 valence electrons. The van der Waals surface area contributed by atoms with Crippen LogP contribution in [0.4, 0.5) is 11.4 Å². The van der Waals surface area contributed by atoms with Crippen LogP contribution in [0.2, 0.25) is 5.02 Å². The maximum Gasteiger partial charge on any atom is 0.250 e. The number of nitrogens with zero attached hydrogens (tertiary/aromatic N) is 2. The number of hydrogen-bond acceptors (Lipinski definition) is 6. The third kappa shape index (κ3) is 2.40. The molecule has 0 radical (unpaired) electrons. The van der Waals surface area contributed by atoms with Crippen molar-refractivity contribution in [3.8, 4) is 11.5 Å². The van der Waals surface area contributed by atoms with Crippen LogP contribution < -0.4 is 19.7 Å². The summed E-state index contributed by atoms with van der Waals surface area (Å²) in [5.74, 6) is -1.55. The highest BCUT2D eigenvalue weighted by atomic mass is 35.5. The monoisotopic (exact) mass is 481 g/mol. The lowest BCUT2D eigenvalue weighted by Gasteiger charge is -2.36. The van der Waals surface area contributed by atoms with Crippen LogP contribution in [0.25, 0.3) is 0 Å². The minimum absolute atomic E-state index is 0.198. The maximum absolute atomic E-state index is 14.1. The van der Waals surface area contributed by atoms with Crippen molar-refractivity contribution < 1.29 is 23.9 Å². The van der Waals surface area contributed by atoms with Crippen LogP contribution in [0.15, 0.2) is 30.3 Å². The molecule has 4 heterocycles. The van der Waals surface area contributed by atoms with Gasteiger partial charge in [-0.2, -0.15) is 0 Å². The molecule has 1 N–H and O–H groups in total. The Bertz CT molecular complexity index is 1280. The quantitative estimate of drug-likeness (QED) is 0.678. The van der Waals surface area contributed by atoms with E-state index in [2.05, 4.69) is 10.2 Å². The van der Waals surface area contributed by atoms with Gasteiger partial charge in [0, 0.05) is 22.7 Å². The molecule has 3 saturated heterocycles. The number of nitrogens with one attached hydrogen (secondary N) is 1. The van der Waals surface area contributed by atoms with Gasteiger partial charge in [0.1, 0.15) is 17.0 Å². The number of hydrogen-bond donors (Lipinski definition) is 1. The third-order valence-corrected chi connectivity index (χ3v) is 8.40. The minimum Gasteiger partial charge on any atom is -0.497 e. The van der Waals surface area contributed by atoms with Crippen molar-refractivity contribution in [3.63, 3.8) is 0 Å². The van der Waals surface area contributed by atoms with Gasteiger partial charge in [-0.05, 0) is 50.1 Å². The fourth-order valence-electron chi connectivity index (χ4n) is 6.60. The average Bonchev–Trinajstić information content (AvgIpc) is 3.54. The van der Waals surface area contributed by atoms with Gasteiger partial charge in [0.2, 0.25) is 17.7 Å². The number of carbonyl (C=O) groups excluding carboxylic acids is 3. The van der Waals surface area contributed by atoms with Gasteiger partial charge in [-0.3, -0.25) is 19.3 Å². The van der Waals surface area contributed by atoms with Crippen molar-refractivity contribution in [2.75, 3.05) is 31.0 Å². The van der Waals surface area contributed by atoms with Crippen LogP contribution in [-0.2, 0) is 19.9 Å². The van der Waals surface area contributed by atoms with Gasteiger partial charge in [0.15, 0.2) is 0 Å². The van der Waals surface area contributed by atoms with Crippen LogP contribution in [-0.4, -0.2) is 49.4 Å². The Morgan fingerprint density at radius 3 is 2.62 bits per heavy atom. The molecule has 4 aliphatic heterocycles. The smallest absolute Gasteiger partial charge is 0.250 e. The number of amides is 3. The maximum atomic E-state index is 14.1. The molecule has 2 aromatic rings. The zero-order valence-electron chi connectivity index (χ0n) is 19.1. The fraction of sp³-hybridized carbons (Fsp3) is 0.400. The van der Waals surface area contributed by atoms with E-state index in [-0.39, 0.29) is 17.9 Å². The van der Waals surface area contributed by atoms with Crippen LogP contribution in [0, 0.1) is 18.8 Å². The summed E-state index contributed by atoms with van der Waals surface area (Å²) in [7, 11) is 3.01. The zero-order chi connectivity index (χ0) is 23.9. The third-order valence-electron chi connectivity index (χ3n) is 7.99. The Kier molecular flexibility index (Phi) is 4.54. The van der Waals surface area contributed by atoms with Crippen LogP contribution in [0.3, 0.4) is 0 Å². The van der Waals surface area contributed by atoms with E-state index in [1.165, 1.54) is 19.1 Å². The van der Waals surface area contributed by atoms with Gasteiger partial charge in [-0.25, -0.2) is 4.90 Å². The summed E-state index contributed by atoms with van der Waals surface area (Å²) in [6.07, 6.45) is 1.61. The first-order chi connectivity index (χ1) is 16.4. The van der Waals surface area contributed by atoms with Gasteiger partial charge < -0.3 is 14.8 Å². The number of rotatable bonds is 3. The number of carbonyl (C=O) groups is 3. The molecule has 9 heteroatoms. The zero-order valence-corrected chi connectivity index (χ0v) is 19.8. The Morgan fingerprint density at radius 1 is 1.09 bits per heavy atom. The molecular formula is C25H24ClN3O5. The van der Waals surface area contributed by atoms with E-state index in [1.807, 2.05) is 13.0 Å². The van der Waals surface area contributed by atoms with Crippen LogP contribution in [0.1, 0.15) is 24.0 Å². The normalized spacial score (nSPS) is 29.5. The highest BCUT2D eigenvalue weighted by Crippen LogP contribution is 2.61. The van der Waals surface area contributed by atoms with E-state index in [9.17, 15) is 14.4 Å². The second-order valence-electron chi connectivity index (χ2n) is 9.27. The largest absolute Gasteiger partial charge is 0.497 e. The number of imide groups is 1. The van der Waals surface area contributed by atoms with E-state index < -0.39 is 23.3 Å². The molecule has 3 fully saturated rings. The second-order valence-corrected chi connectivity index (χ2v) is 9.68. The molecule has 0 aliphatic carbocycles. The highest BCUT2D eigenvalue weighted by Gasteiger charge is 2.74. The molecule has 8 nitrogen and oxygen atoms in total. The lowest BCUT2D eigenvalue weighted by Crippen LogP contribution is -2.54. The van der Waals surface area contributed by atoms with E-state index in [0.29, 0.717) is 34.4 Å². The van der Waals surface area contributed by atoms with Crippen molar-refractivity contribution >= 4 is 40.7 Å². The minimum atomic E-state index is -1.25. The molecule has 4 aliphatic rings. The molecule has 0 unspecified atom stereocenters. The summed E-state index contributed by atoms with van der Waals surface area (Å²) in [6.45, 7) is 2.50. The Balaban J connectivity index is 1.56. The van der Waals surface area contributed by atoms with Gasteiger partial charge in [0.25, 0.3) is 0 Å². The Labute approximate surface area is 201 Å². The van der Waals surface area contributed by atoms with Gasteiger partial charge in [-0.1, -0.05) is 17.7 Å². The molecule has 4 atom stereocenters. The molecule has 0 bridgehead atoms. The predicted molar refractivity (Wildman–Crippen MR) is 125 cm³/mol. The number of benzene rings is 2. The molecule has 2 aromatic carbocycles. The number of methoxy groups -OCH3 is 2. The Hall–Kier alpha value is -3.10. The van der Waals surface area contributed by atoms with E-state index in [4.69, 9.17) is 21.1 Å². The first kappa shape index (κ1) is 21.4. The first-order valence-corrected chi connectivity index (χ1v) is 11.7. The summed E-state index contributed by atoms with van der Waals surface area (Å²) >= 11 is 6.35. The SMILES string of the molecule is COc1ccc(OC)c(N2C(=O)[C@H]3[C@@H](C2=O)[C@]2(C(=O)Nc4c2ccc(Cl)c4C)N2CCC[C@@H]32)c1. The summed E-state index contributed by atoms with van der Waals surface area (Å²) in [4.78, 5) is 45.1. The topological polar surface area (TPSA) is 88.2 Å². The molecule has 0 aromatic heterocycles. The number of halogens is 1. The number of anilines is 2. The van der Waals surface area contributed by atoms with Gasteiger partial charge in [-0.15, -0.1) is 0 Å².